The number of nitrogens with one attached hydrogen (secondary N) is 1. The van der Waals surface area contributed by atoms with Crippen molar-refractivity contribution in [1.82, 2.24) is 10.2 Å². The van der Waals surface area contributed by atoms with E-state index < -0.39 is 16.9 Å². The monoisotopic (exact) mass is 391 g/mol. The number of hydrogen-bond acceptors (Lipinski definition) is 6. The standard InChI is InChI=1S/C18H21N3O5S/c1-12(18(23)24)20(10-9-19-13(2)22)11-16-7-8-17(27-16)14-3-5-15(6-4-14)21(25)26/h3-8,12H,9-11H2,1-2H3,(H,19,22)(H,23,24). The molecule has 0 aliphatic heterocycles. The number of carboxylic acid groups (broad SMARTS) is 1. The summed E-state index contributed by atoms with van der Waals surface area (Å²) in [7, 11) is 0. The second-order valence-corrected chi connectivity index (χ2v) is 7.21. The number of non-ortho nitro benzene ring substituents is 1. The Kier molecular flexibility index (Phi) is 7.03. The third-order valence-electron chi connectivity index (χ3n) is 4.06. The molecule has 1 atom stereocenters. The molecule has 2 rings (SSSR count). The van der Waals surface area contributed by atoms with E-state index in [0.29, 0.717) is 19.6 Å². The lowest BCUT2D eigenvalue weighted by atomic mass is 10.2. The number of carboxylic acids is 1. The van der Waals surface area contributed by atoms with Crippen LogP contribution in [0, 0.1) is 10.1 Å². The Balaban J connectivity index is 2.10. The molecule has 1 aromatic heterocycles. The highest BCUT2D eigenvalue weighted by molar-refractivity contribution is 7.15. The highest BCUT2D eigenvalue weighted by atomic mass is 32.1. The van der Waals surface area contributed by atoms with Crippen LogP contribution in [0.1, 0.15) is 18.7 Å². The molecule has 0 radical (unpaired) electrons. The number of carbonyl (C=O) groups is 2. The first-order valence-corrected chi connectivity index (χ1v) is 9.14. The fraction of sp³-hybridized carbons (Fsp3) is 0.333. The molecule has 0 saturated carbocycles. The van der Waals surface area contributed by atoms with Crippen molar-refractivity contribution in [2.75, 3.05) is 13.1 Å². The Hall–Kier alpha value is -2.78. The molecule has 1 amide bonds. The number of rotatable bonds is 9. The third-order valence-corrected chi connectivity index (χ3v) is 5.18. The van der Waals surface area contributed by atoms with Gasteiger partial charge in [-0.15, -0.1) is 11.3 Å². The molecule has 0 saturated heterocycles. The molecule has 0 bridgehead atoms. The zero-order valence-electron chi connectivity index (χ0n) is 15.0. The zero-order valence-corrected chi connectivity index (χ0v) is 15.9. The second kappa shape index (κ2) is 9.24. The number of carbonyl (C=O) groups excluding carboxylic acids is 1. The van der Waals surface area contributed by atoms with Gasteiger partial charge < -0.3 is 10.4 Å². The van der Waals surface area contributed by atoms with Gasteiger partial charge in [-0.05, 0) is 36.8 Å². The summed E-state index contributed by atoms with van der Waals surface area (Å²) in [5, 5.41) is 22.7. The van der Waals surface area contributed by atoms with Crippen molar-refractivity contribution < 1.29 is 19.6 Å². The van der Waals surface area contributed by atoms with Crippen molar-refractivity contribution in [3.05, 3.63) is 51.4 Å². The van der Waals surface area contributed by atoms with Crippen molar-refractivity contribution >= 4 is 28.9 Å². The third kappa shape index (κ3) is 5.87. The molecule has 8 nitrogen and oxygen atoms in total. The minimum Gasteiger partial charge on any atom is -0.480 e. The Morgan fingerprint density at radius 1 is 1.26 bits per heavy atom. The summed E-state index contributed by atoms with van der Waals surface area (Å²) in [5.41, 5.74) is 0.905. The largest absolute Gasteiger partial charge is 0.480 e. The molecule has 0 aliphatic carbocycles. The first kappa shape index (κ1) is 20.5. The molecule has 0 spiro atoms. The molecule has 2 aromatic rings. The Bertz CT molecular complexity index is 819. The molecule has 27 heavy (non-hydrogen) atoms. The summed E-state index contributed by atoms with van der Waals surface area (Å²) in [6.45, 7) is 4.25. The Labute approximate surface area is 160 Å². The van der Waals surface area contributed by atoms with E-state index >= 15 is 0 Å². The summed E-state index contributed by atoms with van der Waals surface area (Å²) < 4.78 is 0. The van der Waals surface area contributed by atoms with Crippen LogP contribution in [0.4, 0.5) is 5.69 Å². The van der Waals surface area contributed by atoms with Gasteiger partial charge in [0, 0.05) is 48.4 Å². The average molecular weight is 391 g/mol. The van der Waals surface area contributed by atoms with Gasteiger partial charge in [0.15, 0.2) is 0 Å². The van der Waals surface area contributed by atoms with Gasteiger partial charge in [0.25, 0.3) is 5.69 Å². The van der Waals surface area contributed by atoms with E-state index in [1.807, 2.05) is 12.1 Å². The summed E-state index contributed by atoms with van der Waals surface area (Å²) >= 11 is 1.51. The quantitative estimate of drug-likeness (QED) is 0.502. The van der Waals surface area contributed by atoms with Gasteiger partial charge in [0.1, 0.15) is 6.04 Å². The van der Waals surface area contributed by atoms with Crippen molar-refractivity contribution in [1.29, 1.82) is 0 Å². The van der Waals surface area contributed by atoms with Crippen LogP contribution in [-0.2, 0) is 16.1 Å². The number of aliphatic carboxylic acids is 1. The normalized spacial score (nSPS) is 12.0. The van der Waals surface area contributed by atoms with Crippen LogP contribution in [0.3, 0.4) is 0 Å². The number of thiophene rings is 1. The van der Waals surface area contributed by atoms with Crippen LogP contribution in [0.25, 0.3) is 10.4 Å². The van der Waals surface area contributed by atoms with Crippen molar-refractivity contribution in [2.45, 2.75) is 26.4 Å². The molecule has 144 valence electrons. The maximum absolute atomic E-state index is 11.4. The number of hydrogen-bond donors (Lipinski definition) is 2. The fourth-order valence-electron chi connectivity index (χ4n) is 2.51. The predicted molar refractivity (Wildman–Crippen MR) is 103 cm³/mol. The van der Waals surface area contributed by atoms with Gasteiger partial charge in [-0.2, -0.15) is 0 Å². The predicted octanol–water partition coefficient (Wildman–Crippen LogP) is 2.73. The van der Waals surface area contributed by atoms with Crippen LogP contribution in [0.2, 0.25) is 0 Å². The molecule has 2 N–H and O–H groups in total. The van der Waals surface area contributed by atoms with Crippen molar-refractivity contribution in [2.24, 2.45) is 0 Å². The molecule has 1 unspecified atom stereocenters. The average Bonchev–Trinajstić information content (AvgIpc) is 3.08. The van der Waals surface area contributed by atoms with Crippen molar-refractivity contribution in [3.8, 4) is 10.4 Å². The van der Waals surface area contributed by atoms with Gasteiger partial charge in [-0.3, -0.25) is 24.6 Å². The van der Waals surface area contributed by atoms with Crippen LogP contribution in [-0.4, -0.2) is 45.9 Å². The van der Waals surface area contributed by atoms with Crippen LogP contribution in [0.5, 0.6) is 0 Å². The molecular weight excluding hydrogens is 370 g/mol. The van der Waals surface area contributed by atoms with Crippen molar-refractivity contribution in [3.63, 3.8) is 0 Å². The van der Waals surface area contributed by atoms with E-state index in [-0.39, 0.29) is 11.6 Å². The van der Waals surface area contributed by atoms with Gasteiger partial charge in [-0.25, -0.2) is 0 Å². The van der Waals surface area contributed by atoms with Crippen LogP contribution < -0.4 is 5.32 Å². The van der Waals surface area contributed by atoms with Gasteiger partial charge in [0.05, 0.1) is 4.92 Å². The maximum atomic E-state index is 11.4. The van der Waals surface area contributed by atoms with E-state index in [1.165, 1.54) is 30.4 Å². The molecule has 0 aliphatic rings. The highest BCUT2D eigenvalue weighted by Gasteiger charge is 2.21. The van der Waals surface area contributed by atoms with Gasteiger partial charge in [0.2, 0.25) is 5.91 Å². The number of amides is 1. The summed E-state index contributed by atoms with van der Waals surface area (Å²) in [4.78, 5) is 36.4. The first-order chi connectivity index (χ1) is 12.8. The lowest BCUT2D eigenvalue weighted by Gasteiger charge is -2.25. The lowest BCUT2D eigenvalue weighted by molar-refractivity contribution is -0.384. The smallest absolute Gasteiger partial charge is 0.320 e. The van der Waals surface area contributed by atoms with E-state index in [9.17, 15) is 24.8 Å². The minimum atomic E-state index is -0.926. The second-order valence-electron chi connectivity index (χ2n) is 6.04. The Morgan fingerprint density at radius 2 is 1.93 bits per heavy atom. The number of nitrogens with zero attached hydrogens (tertiary/aromatic N) is 2. The Morgan fingerprint density at radius 3 is 2.48 bits per heavy atom. The first-order valence-electron chi connectivity index (χ1n) is 8.32. The molecule has 0 fully saturated rings. The SMILES string of the molecule is CC(=O)NCCN(Cc1ccc(-c2ccc([N+](=O)[O-])cc2)s1)C(C)C(=O)O. The fourth-order valence-corrected chi connectivity index (χ4v) is 3.55. The van der Waals surface area contributed by atoms with E-state index in [1.54, 1.807) is 24.0 Å². The number of nitro benzene ring substituents is 1. The summed E-state index contributed by atoms with van der Waals surface area (Å²) in [6.07, 6.45) is 0. The maximum Gasteiger partial charge on any atom is 0.320 e. The van der Waals surface area contributed by atoms with E-state index in [0.717, 1.165) is 15.3 Å². The topological polar surface area (TPSA) is 113 Å². The number of nitro groups is 1. The van der Waals surface area contributed by atoms with Crippen LogP contribution in [0.15, 0.2) is 36.4 Å². The molecule has 9 heteroatoms. The zero-order chi connectivity index (χ0) is 20.0. The molecule has 1 aromatic carbocycles. The molecular formula is C18H21N3O5S. The number of benzene rings is 1. The highest BCUT2D eigenvalue weighted by Crippen LogP contribution is 2.30. The van der Waals surface area contributed by atoms with E-state index in [2.05, 4.69) is 5.32 Å². The van der Waals surface area contributed by atoms with Gasteiger partial charge in [-0.1, -0.05) is 0 Å². The molecule has 1 heterocycles. The minimum absolute atomic E-state index is 0.0370. The van der Waals surface area contributed by atoms with Crippen LogP contribution >= 0.6 is 11.3 Å². The van der Waals surface area contributed by atoms with Gasteiger partial charge >= 0.3 is 5.97 Å². The summed E-state index contributed by atoms with van der Waals surface area (Å²) in [6, 6.07) is 9.45. The summed E-state index contributed by atoms with van der Waals surface area (Å²) in [5.74, 6) is -1.08. The lowest BCUT2D eigenvalue weighted by Crippen LogP contribution is -2.42. The van der Waals surface area contributed by atoms with E-state index in [4.69, 9.17) is 0 Å².